The van der Waals surface area contributed by atoms with Crippen molar-refractivity contribution in [2.24, 2.45) is 0 Å². The molecule has 124 valence electrons. The number of benzene rings is 2. The minimum absolute atomic E-state index is 0.0598. The number of aromatic nitrogens is 3. The second kappa shape index (κ2) is 8.66. The molecule has 1 atom stereocenters. The molecule has 0 aliphatic heterocycles. The van der Waals surface area contributed by atoms with Crippen molar-refractivity contribution in [3.8, 4) is 0 Å². The van der Waals surface area contributed by atoms with Gasteiger partial charge in [0.25, 0.3) is 0 Å². The zero-order valence-electron chi connectivity index (χ0n) is 13.7. The molecule has 3 aromatic rings. The Morgan fingerprint density at radius 3 is 2.38 bits per heavy atom. The van der Waals surface area contributed by atoms with E-state index in [1.54, 1.807) is 16.6 Å². The first-order chi connectivity index (χ1) is 11.8. The second-order valence-electron chi connectivity index (χ2n) is 5.62. The normalized spacial score (nSPS) is 12.2. The highest BCUT2D eigenvalue weighted by Gasteiger charge is 2.07. The molecule has 1 aromatic heterocycles. The smallest absolute Gasteiger partial charge is 0.139 e. The van der Waals surface area contributed by atoms with E-state index < -0.39 is 0 Å². The Balaban J connectivity index is 1.45. The lowest BCUT2D eigenvalue weighted by atomic mass is 10.2. The van der Waals surface area contributed by atoms with Crippen LogP contribution in [-0.4, -0.2) is 21.1 Å². The number of rotatable bonds is 8. The molecule has 1 heterocycles. The molecular formula is C19H21N3OS. The lowest BCUT2D eigenvalue weighted by Gasteiger charge is -2.12. The van der Waals surface area contributed by atoms with Gasteiger partial charge in [0.05, 0.1) is 25.5 Å². The largest absolute Gasteiger partial charge is 0.372 e. The van der Waals surface area contributed by atoms with Crippen LogP contribution in [-0.2, 0) is 23.6 Å². The zero-order chi connectivity index (χ0) is 16.6. The summed E-state index contributed by atoms with van der Waals surface area (Å²) in [6.07, 6.45) is 1.88. The van der Waals surface area contributed by atoms with Crippen LogP contribution in [0.4, 0.5) is 0 Å². The van der Waals surface area contributed by atoms with E-state index in [1.807, 2.05) is 37.4 Å². The molecule has 4 nitrogen and oxygen atoms in total. The molecule has 3 rings (SSSR count). The average Bonchev–Trinajstić information content (AvgIpc) is 3.07. The minimum Gasteiger partial charge on any atom is -0.372 e. The van der Waals surface area contributed by atoms with Crippen molar-refractivity contribution >= 4 is 11.8 Å². The topological polar surface area (TPSA) is 39.9 Å². The fourth-order valence-corrected chi connectivity index (χ4v) is 3.04. The van der Waals surface area contributed by atoms with Gasteiger partial charge in [-0.1, -0.05) is 72.4 Å². The Labute approximate surface area is 146 Å². The Bertz CT molecular complexity index is 731. The van der Waals surface area contributed by atoms with Gasteiger partial charge in [0, 0.05) is 5.75 Å². The van der Waals surface area contributed by atoms with Gasteiger partial charge in [-0.05, 0) is 18.1 Å². The summed E-state index contributed by atoms with van der Waals surface area (Å²) in [5.74, 6) is 0.902. The Hall–Kier alpha value is -2.11. The van der Waals surface area contributed by atoms with Gasteiger partial charge < -0.3 is 4.74 Å². The summed E-state index contributed by atoms with van der Waals surface area (Å²) < 4.78 is 5.86. The number of nitrogens with zero attached hydrogens (tertiary/aromatic N) is 3. The van der Waals surface area contributed by atoms with E-state index in [1.165, 1.54) is 11.1 Å². The van der Waals surface area contributed by atoms with Crippen molar-refractivity contribution in [1.29, 1.82) is 0 Å². The Morgan fingerprint density at radius 1 is 1.00 bits per heavy atom. The first kappa shape index (κ1) is 16.7. The minimum atomic E-state index is 0.0598. The van der Waals surface area contributed by atoms with Crippen molar-refractivity contribution in [3.63, 3.8) is 0 Å². The van der Waals surface area contributed by atoms with Crippen LogP contribution in [0.1, 0.15) is 18.1 Å². The lowest BCUT2D eigenvalue weighted by molar-refractivity contribution is 0.0366. The van der Waals surface area contributed by atoms with E-state index in [4.69, 9.17) is 4.74 Å². The summed E-state index contributed by atoms with van der Waals surface area (Å²) in [6.45, 7) is 3.31. The van der Waals surface area contributed by atoms with Crippen LogP contribution in [0.3, 0.4) is 0 Å². The molecule has 0 bridgehead atoms. The van der Waals surface area contributed by atoms with Crippen LogP contribution >= 0.6 is 11.8 Å². The number of thioether (sulfide) groups is 1. The predicted molar refractivity (Wildman–Crippen MR) is 96.7 cm³/mol. The van der Waals surface area contributed by atoms with Crippen LogP contribution in [0.25, 0.3) is 0 Å². The summed E-state index contributed by atoms with van der Waals surface area (Å²) in [4.78, 5) is 1.71. The van der Waals surface area contributed by atoms with Gasteiger partial charge in [0.2, 0.25) is 0 Å². The molecule has 24 heavy (non-hydrogen) atoms. The molecule has 0 N–H and O–H groups in total. The molecule has 0 aliphatic rings. The SMILES string of the molecule is CC(Cn1ncc(SCc2ccccc2)n1)OCc1ccccc1. The van der Waals surface area contributed by atoms with Crippen molar-refractivity contribution in [2.75, 3.05) is 0 Å². The standard InChI is InChI=1S/C19H21N3OS/c1-16(23-14-17-8-4-2-5-9-17)13-22-20-12-19(21-22)24-15-18-10-6-3-7-11-18/h2-12,16H,13-15H2,1H3. The van der Waals surface area contributed by atoms with Crippen LogP contribution < -0.4 is 0 Å². The van der Waals surface area contributed by atoms with E-state index >= 15 is 0 Å². The summed E-state index contributed by atoms with van der Waals surface area (Å²) in [5, 5.41) is 9.78. The van der Waals surface area contributed by atoms with E-state index in [9.17, 15) is 0 Å². The van der Waals surface area contributed by atoms with Crippen LogP contribution in [0.5, 0.6) is 0 Å². The van der Waals surface area contributed by atoms with Gasteiger partial charge in [-0.25, -0.2) is 0 Å². The van der Waals surface area contributed by atoms with Crippen LogP contribution in [0, 0.1) is 0 Å². The van der Waals surface area contributed by atoms with Gasteiger partial charge in [-0.3, -0.25) is 0 Å². The summed E-state index contributed by atoms with van der Waals surface area (Å²) in [6, 6.07) is 20.6. The van der Waals surface area contributed by atoms with Gasteiger partial charge in [0.15, 0.2) is 0 Å². The molecule has 0 saturated carbocycles. The number of hydrogen-bond acceptors (Lipinski definition) is 4. The quantitative estimate of drug-likeness (QED) is 0.577. The molecule has 0 amide bonds. The Kier molecular flexibility index (Phi) is 6.04. The van der Waals surface area contributed by atoms with Crippen LogP contribution in [0.2, 0.25) is 0 Å². The van der Waals surface area contributed by atoms with Gasteiger partial charge in [-0.2, -0.15) is 9.90 Å². The molecule has 1 unspecified atom stereocenters. The molecular weight excluding hydrogens is 318 g/mol. The maximum absolute atomic E-state index is 5.86. The summed E-state index contributed by atoms with van der Waals surface area (Å²) >= 11 is 1.70. The van der Waals surface area contributed by atoms with E-state index in [-0.39, 0.29) is 6.10 Å². The van der Waals surface area contributed by atoms with Gasteiger partial charge in [0.1, 0.15) is 5.03 Å². The fourth-order valence-electron chi connectivity index (χ4n) is 2.26. The molecule has 0 aliphatic carbocycles. The lowest BCUT2D eigenvalue weighted by Crippen LogP contribution is -2.18. The number of ether oxygens (including phenoxy) is 1. The third kappa shape index (κ3) is 5.22. The molecule has 0 spiro atoms. The summed E-state index contributed by atoms with van der Waals surface area (Å²) in [5.41, 5.74) is 2.47. The van der Waals surface area contributed by atoms with Crippen molar-refractivity contribution in [3.05, 3.63) is 78.0 Å². The van der Waals surface area contributed by atoms with Crippen LogP contribution in [0.15, 0.2) is 71.9 Å². The van der Waals surface area contributed by atoms with Crippen molar-refractivity contribution in [1.82, 2.24) is 15.0 Å². The van der Waals surface area contributed by atoms with E-state index in [2.05, 4.69) is 46.6 Å². The van der Waals surface area contributed by atoms with Gasteiger partial charge in [-0.15, -0.1) is 5.10 Å². The highest BCUT2D eigenvalue weighted by atomic mass is 32.2. The maximum atomic E-state index is 5.86. The first-order valence-corrected chi connectivity index (χ1v) is 9.00. The molecule has 2 aromatic carbocycles. The van der Waals surface area contributed by atoms with E-state index in [0.717, 1.165) is 10.8 Å². The van der Waals surface area contributed by atoms with Gasteiger partial charge >= 0.3 is 0 Å². The highest BCUT2D eigenvalue weighted by Crippen LogP contribution is 2.19. The Morgan fingerprint density at radius 2 is 1.67 bits per heavy atom. The predicted octanol–water partition coefficient (Wildman–Crippen LogP) is 4.18. The fraction of sp³-hybridized carbons (Fsp3) is 0.263. The molecule has 5 heteroatoms. The van der Waals surface area contributed by atoms with Crippen molar-refractivity contribution < 1.29 is 4.74 Å². The number of hydrogen-bond donors (Lipinski definition) is 0. The summed E-state index contributed by atoms with van der Waals surface area (Å²) in [7, 11) is 0. The average molecular weight is 339 g/mol. The second-order valence-corrected chi connectivity index (χ2v) is 6.61. The van der Waals surface area contributed by atoms with E-state index in [0.29, 0.717) is 13.2 Å². The molecule has 0 fully saturated rings. The third-order valence-electron chi connectivity index (χ3n) is 3.54. The highest BCUT2D eigenvalue weighted by molar-refractivity contribution is 7.98. The first-order valence-electron chi connectivity index (χ1n) is 8.02. The third-order valence-corrected chi connectivity index (χ3v) is 4.50. The molecule has 0 saturated heterocycles. The molecule has 0 radical (unpaired) electrons. The maximum Gasteiger partial charge on any atom is 0.139 e. The van der Waals surface area contributed by atoms with Crippen molar-refractivity contribution in [2.45, 2.75) is 37.0 Å². The zero-order valence-corrected chi connectivity index (χ0v) is 14.5. The monoisotopic (exact) mass is 339 g/mol.